The van der Waals surface area contributed by atoms with Gasteiger partial charge in [0.2, 0.25) is 0 Å². The van der Waals surface area contributed by atoms with Crippen LogP contribution in [0.3, 0.4) is 0 Å². The van der Waals surface area contributed by atoms with Crippen LogP contribution in [0.25, 0.3) is 0 Å². The van der Waals surface area contributed by atoms with E-state index >= 15 is 0 Å². The molecule has 1 aliphatic heterocycles. The van der Waals surface area contributed by atoms with E-state index in [2.05, 4.69) is 5.32 Å². The Morgan fingerprint density at radius 2 is 2.33 bits per heavy atom. The number of nitrogens with one attached hydrogen (secondary N) is 1. The molecule has 0 aromatic rings. The van der Waals surface area contributed by atoms with Crippen molar-refractivity contribution in [2.75, 3.05) is 25.2 Å². The van der Waals surface area contributed by atoms with E-state index in [1.807, 2.05) is 11.8 Å². The molecular formula is C11H19NO2S. The Hall–Kier alpha value is -0.220. The van der Waals surface area contributed by atoms with Crippen LogP contribution in [-0.4, -0.2) is 37.2 Å². The van der Waals surface area contributed by atoms with Crippen LogP contribution in [-0.2, 0) is 9.53 Å². The van der Waals surface area contributed by atoms with Crippen LogP contribution in [0.1, 0.15) is 19.3 Å². The van der Waals surface area contributed by atoms with Gasteiger partial charge >= 0.3 is 5.97 Å². The van der Waals surface area contributed by atoms with Crippen molar-refractivity contribution in [1.29, 1.82) is 0 Å². The first kappa shape index (κ1) is 11.3. The predicted molar refractivity (Wildman–Crippen MR) is 62.0 cm³/mol. The summed E-state index contributed by atoms with van der Waals surface area (Å²) in [5, 5.41) is 3.39. The minimum Gasteiger partial charge on any atom is -0.468 e. The third-order valence-corrected chi connectivity index (χ3v) is 4.40. The average molecular weight is 229 g/mol. The number of carbonyl (C=O) groups excluding carboxylic acids is 1. The van der Waals surface area contributed by atoms with Gasteiger partial charge in [-0.1, -0.05) is 0 Å². The molecule has 1 aliphatic carbocycles. The fourth-order valence-electron chi connectivity index (χ4n) is 2.00. The summed E-state index contributed by atoms with van der Waals surface area (Å²) < 4.78 is 4.87. The summed E-state index contributed by atoms with van der Waals surface area (Å²) in [6, 6.07) is -0.0643. The van der Waals surface area contributed by atoms with E-state index in [4.69, 9.17) is 4.74 Å². The Morgan fingerprint density at radius 3 is 2.87 bits per heavy atom. The number of thioether (sulfide) groups is 1. The van der Waals surface area contributed by atoms with Gasteiger partial charge in [0.15, 0.2) is 0 Å². The molecule has 0 radical (unpaired) electrons. The monoisotopic (exact) mass is 229 g/mol. The Kier molecular flexibility index (Phi) is 3.92. The molecule has 2 aliphatic rings. The van der Waals surface area contributed by atoms with Crippen LogP contribution in [0.2, 0.25) is 0 Å². The molecule has 1 saturated heterocycles. The molecule has 2 fully saturated rings. The maximum absolute atomic E-state index is 11.6. The van der Waals surface area contributed by atoms with Crippen LogP contribution in [0.5, 0.6) is 0 Å². The van der Waals surface area contributed by atoms with E-state index in [0.29, 0.717) is 5.92 Å². The van der Waals surface area contributed by atoms with E-state index in [1.54, 1.807) is 0 Å². The van der Waals surface area contributed by atoms with Crippen molar-refractivity contribution in [2.24, 2.45) is 11.8 Å². The molecule has 1 saturated carbocycles. The summed E-state index contributed by atoms with van der Waals surface area (Å²) in [4.78, 5) is 11.6. The van der Waals surface area contributed by atoms with Crippen molar-refractivity contribution >= 4 is 17.7 Å². The first-order valence-electron chi connectivity index (χ1n) is 5.70. The van der Waals surface area contributed by atoms with Gasteiger partial charge < -0.3 is 10.1 Å². The summed E-state index contributed by atoms with van der Waals surface area (Å²) in [5.41, 5.74) is 0. The van der Waals surface area contributed by atoms with Crippen LogP contribution in [0.15, 0.2) is 0 Å². The Bertz CT molecular complexity index is 225. The lowest BCUT2D eigenvalue weighted by molar-refractivity contribution is -0.144. The van der Waals surface area contributed by atoms with Crippen LogP contribution >= 0.6 is 11.8 Å². The van der Waals surface area contributed by atoms with Crippen molar-refractivity contribution in [2.45, 2.75) is 25.3 Å². The van der Waals surface area contributed by atoms with Crippen LogP contribution in [0.4, 0.5) is 0 Å². The SMILES string of the molecule is COC(=O)C(NCC1CC1)C1CCSC1. The number of rotatable bonds is 5. The van der Waals surface area contributed by atoms with Gasteiger partial charge in [0, 0.05) is 0 Å². The molecule has 3 nitrogen and oxygen atoms in total. The highest BCUT2D eigenvalue weighted by Crippen LogP contribution is 2.30. The van der Waals surface area contributed by atoms with Crippen molar-refractivity contribution in [3.8, 4) is 0 Å². The topological polar surface area (TPSA) is 38.3 Å². The molecule has 0 aromatic heterocycles. The molecule has 15 heavy (non-hydrogen) atoms. The second-order valence-corrected chi connectivity index (χ2v) is 5.63. The Balaban J connectivity index is 1.84. The maximum atomic E-state index is 11.6. The number of methoxy groups -OCH3 is 1. The number of ether oxygens (including phenoxy) is 1. The Labute approximate surface area is 95.3 Å². The summed E-state index contributed by atoms with van der Waals surface area (Å²) in [6.45, 7) is 0.987. The average Bonchev–Trinajstić information content (AvgIpc) is 2.92. The van der Waals surface area contributed by atoms with Gasteiger partial charge in [-0.05, 0) is 49.1 Å². The smallest absolute Gasteiger partial charge is 0.323 e. The van der Waals surface area contributed by atoms with Gasteiger partial charge in [0.1, 0.15) is 6.04 Å². The first-order chi connectivity index (χ1) is 7.31. The van der Waals surface area contributed by atoms with Crippen LogP contribution < -0.4 is 5.32 Å². The quantitative estimate of drug-likeness (QED) is 0.721. The lowest BCUT2D eigenvalue weighted by Crippen LogP contribution is -2.44. The number of esters is 1. The summed E-state index contributed by atoms with van der Waals surface area (Å²) in [7, 11) is 1.48. The van der Waals surface area contributed by atoms with Crippen LogP contribution in [0, 0.1) is 11.8 Å². The number of hydrogen-bond acceptors (Lipinski definition) is 4. The molecule has 0 spiro atoms. The lowest BCUT2D eigenvalue weighted by Gasteiger charge is -2.21. The molecule has 0 bridgehead atoms. The number of carbonyl (C=O) groups is 1. The highest BCUT2D eigenvalue weighted by atomic mass is 32.2. The molecule has 1 N–H and O–H groups in total. The van der Waals surface area contributed by atoms with E-state index in [0.717, 1.165) is 24.6 Å². The lowest BCUT2D eigenvalue weighted by atomic mass is 9.99. The molecule has 2 unspecified atom stereocenters. The van der Waals surface area contributed by atoms with Crippen molar-refractivity contribution < 1.29 is 9.53 Å². The molecule has 2 atom stereocenters. The van der Waals surface area contributed by atoms with Gasteiger partial charge in [-0.15, -0.1) is 0 Å². The largest absolute Gasteiger partial charge is 0.468 e. The normalized spacial score (nSPS) is 27.7. The van der Waals surface area contributed by atoms with E-state index in [1.165, 1.54) is 25.7 Å². The van der Waals surface area contributed by atoms with Gasteiger partial charge in [-0.2, -0.15) is 11.8 Å². The zero-order chi connectivity index (χ0) is 10.7. The molecule has 2 rings (SSSR count). The highest BCUT2D eigenvalue weighted by molar-refractivity contribution is 7.99. The summed E-state index contributed by atoms with van der Waals surface area (Å²) in [6.07, 6.45) is 3.78. The maximum Gasteiger partial charge on any atom is 0.323 e. The van der Waals surface area contributed by atoms with Gasteiger partial charge in [0.25, 0.3) is 0 Å². The zero-order valence-corrected chi connectivity index (χ0v) is 10.0. The highest BCUT2D eigenvalue weighted by Gasteiger charge is 2.33. The second kappa shape index (κ2) is 5.21. The number of hydrogen-bond donors (Lipinski definition) is 1. The minimum atomic E-state index is -0.0804. The van der Waals surface area contributed by atoms with Crippen molar-refractivity contribution in [3.63, 3.8) is 0 Å². The third-order valence-electron chi connectivity index (χ3n) is 3.21. The third kappa shape index (κ3) is 3.11. The molecular weight excluding hydrogens is 210 g/mol. The summed E-state index contributed by atoms with van der Waals surface area (Å²) in [5.74, 6) is 3.48. The van der Waals surface area contributed by atoms with E-state index in [9.17, 15) is 4.79 Å². The molecule has 86 valence electrons. The predicted octanol–water partition coefficient (Wildman–Crippen LogP) is 1.28. The van der Waals surface area contributed by atoms with E-state index in [-0.39, 0.29) is 12.0 Å². The standard InChI is InChI=1S/C11H19NO2S/c1-14-11(13)10(9-4-5-15-7-9)12-6-8-2-3-8/h8-10,12H,2-7H2,1H3. The fourth-order valence-corrected chi connectivity index (χ4v) is 3.30. The molecule has 0 amide bonds. The molecule has 1 heterocycles. The molecule has 0 aromatic carbocycles. The van der Waals surface area contributed by atoms with Crippen molar-refractivity contribution in [1.82, 2.24) is 5.32 Å². The van der Waals surface area contributed by atoms with Gasteiger partial charge in [0.05, 0.1) is 7.11 Å². The fraction of sp³-hybridized carbons (Fsp3) is 0.909. The Morgan fingerprint density at radius 1 is 1.53 bits per heavy atom. The minimum absolute atomic E-state index is 0.0643. The second-order valence-electron chi connectivity index (χ2n) is 4.48. The molecule has 4 heteroatoms. The van der Waals surface area contributed by atoms with Gasteiger partial charge in [-0.25, -0.2) is 0 Å². The van der Waals surface area contributed by atoms with Gasteiger partial charge in [-0.3, -0.25) is 4.79 Å². The first-order valence-corrected chi connectivity index (χ1v) is 6.85. The van der Waals surface area contributed by atoms with Crippen molar-refractivity contribution in [3.05, 3.63) is 0 Å². The zero-order valence-electron chi connectivity index (χ0n) is 9.20. The van der Waals surface area contributed by atoms with E-state index < -0.39 is 0 Å². The summed E-state index contributed by atoms with van der Waals surface area (Å²) >= 11 is 1.94.